The molecule has 7 nitrogen and oxygen atoms in total. The molecule has 0 aliphatic carbocycles. The van der Waals surface area contributed by atoms with E-state index in [0.29, 0.717) is 33.6 Å². The van der Waals surface area contributed by atoms with Crippen LogP contribution in [-0.2, 0) is 10.0 Å². The Morgan fingerprint density at radius 2 is 1.78 bits per heavy atom. The molecule has 2 N–H and O–H groups in total. The maximum absolute atomic E-state index is 13.5. The first-order chi connectivity index (χ1) is 19.3. The average molecular weight is 588 g/mol. The van der Waals surface area contributed by atoms with Crippen LogP contribution in [0.25, 0.3) is 0 Å². The summed E-state index contributed by atoms with van der Waals surface area (Å²) in [6.07, 6.45) is -3.32. The molecule has 216 valence electrons. The van der Waals surface area contributed by atoms with E-state index in [9.17, 15) is 26.0 Å². The fourth-order valence-electron chi connectivity index (χ4n) is 4.85. The van der Waals surface area contributed by atoms with Gasteiger partial charge in [-0.25, -0.2) is 12.8 Å². The first kappa shape index (κ1) is 30.2. The van der Waals surface area contributed by atoms with E-state index in [1.165, 1.54) is 40.7 Å². The summed E-state index contributed by atoms with van der Waals surface area (Å²) in [5.41, 5.74) is 3.15. The average Bonchev–Trinajstić information content (AvgIpc) is 2.94. The molecule has 41 heavy (non-hydrogen) atoms. The molecule has 0 spiro atoms. The molecule has 1 aliphatic rings. The van der Waals surface area contributed by atoms with Crippen LogP contribution in [0.1, 0.15) is 35.2 Å². The third-order valence-electron chi connectivity index (χ3n) is 7.22. The monoisotopic (exact) mass is 587 g/mol. The highest BCUT2D eigenvalue weighted by molar-refractivity contribution is 7.89. The number of piperazine rings is 1. The predicted octanol–water partition coefficient (Wildman–Crippen LogP) is 5.99. The highest BCUT2D eigenvalue weighted by atomic mass is 32.2. The highest BCUT2D eigenvalue weighted by Gasteiger charge is 2.41. The molecule has 0 saturated carbocycles. The number of sulfonamides is 1. The molecule has 0 amide bonds. The van der Waals surface area contributed by atoms with Crippen molar-refractivity contribution in [1.29, 1.82) is 10.7 Å². The molecule has 12 heteroatoms. The van der Waals surface area contributed by atoms with Gasteiger partial charge in [-0.1, -0.05) is 6.92 Å². The summed E-state index contributed by atoms with van der Waals surface area (Å²) in [5.74, 6) is -2.05. The van der Waals surface area contributed by atoms with E-state index in [-0.39, 0.29) is 31.1 Å². The molecule has 1 aliphatic heterocycles. The van der Waals surface area contributed by atoms with Gasteiger partial charge in [0, 0.05) is 55.4 Å². The largest absolute Gasteiger partial charge is 0.392 e. The standard InChI is InChI=1S/C29H29F4N5O2S/c1-19-13-27(36-24-7-5-23(30)6-8-24)22(16-35)14-26(19)28-18-38(12-11-37(28)17-20(2)29(31,32)33)41(39,40)25-9-3-21(15-34)4-10-25/h3-10,13-14,16,20,28,35-36H,11-12,17-18H2,1-2H3/t20?,28-/m0/s1. The molecule has 1 unspecified atom stereocenters. The molecule has 0 aromatic heterocycles. The van der Waals surface area contributed by atoms with Gasteiger partial charge >= 0.3 is 6.18 Å². The molecule has 4 rings (SSSR count). The van der Waals surface area contributed by atoms with Crippen molar-refractivity contribution in [3.05, 3.63) is 88.7 Å². The number of anilines is 2. The van der Waals surface area contributed by atoms with Crippen molar-refractivity contribution < 1.29 is 26.0 Å². The van der Waals surface area contributed by atoms with Crippen LogP contribution < -0.4 is 5.32 Å². The topological polar surface area (TPSA) is 100 Å². The summed E-state index contributed by atoms with van der Waals surface area (Å²) in [6.45, 7) is 2.50. The van der Waals surface area contributed by atoms with Crippen molar-refractivity contribution in [3.63, 3.8) is 0 Å². The third-order valence-corrected chi connectivity index (χ3v) is 9.10. The second kappa shape index (κ2) is 12.0. The number of benzene rings is 3. The van der Waals surface area contributed by atoms with Gasteiger partial charge in [0.05, 0.1) is 22.4 Å². The number of nitriles is 1. The first-order valence-corrected chi connectivity index (χ1v) is 14.3. The van der Waals surface area contributed by atoms with Crippen LogP contribution in [0, 0.1) is 35.4 Å². The van der Waals surface area contributed by atoms with Crippen molar-refractivity contribution in [1.82, 2.24) is 9.21 Å². The van der Waals surface area contributed by atoms with Crippen LogP contribution in [0.4, 0.5) is 28.9 Å². The zero-order valence-corrected chi connectivity index (χ0v) is 23.2. The lowest BCUT2D eigenvalue weighted by atomic mass is 9.94. The number of alkyl halides is 3. The Bertz CT molecular complexity index is 1550. The van der Waals surface area contributed by atoms with E-state index >= 15 is 0 Å². The fourth-order valence-corrected chi connectivity index (χ4v) is 6.29. The Labute approximate surface area is 236 Å². The summed E-state index contributed by atoms with van der Waals surface area (Å²) in [4.78, 5) is 1.63. The Kier molecular flexibility index (Phi) is 8.82. The normalized spacial score (nSPS) is 17.5. The quantitative estimate of drug-likeness (QED) is 0.249. The molecular weight excluding hydrogens is 558 g/mol. The molecule has 2 atom stereocenters. The van der Waals surface area contributed by atoms with Crippen molar-refractivity contribution >= 4 is 27.6 Å². The summed E-state index contributed by atoms with van der Waals surface area (Å²) in [7, 11) is -4.00. The molecular formula is C29H29F4N5O2S. The lowest BCUT2D eigenvalue weighted by Gasteiger charge is -2.43. The van der Waals surface area contributed by atoms with Gasteiger partial charge in [-0.3, -0.25) is 4.90 Å². The van der Waals surface area contributed by atoms with Crippen LogP contribution in [0.5, 0.6) is 0 Å². The van der Waals surface area contributed by atoms with Crippen LogP contribution in [-0.4, -0.2) is 56.2 Å². The van der Waals surface area contributed by atoms with E-state index in [0.717, 1.165) is 13.1 Å². The molecule has 1 saturated heterocycles. The summed E-state index contributed by atoms with van der Waals surface area (Å²) < 4.78 is 82.3. The Morgan fingerprint density at radius 1 is 1.12 bits per heavy atom. The van der Waals surface area contributed by atoms with Crippen LogP contribution in [0.2, 0.25) is 0 Å². The smallest absolute Gasteiger partial charge is 0.355 e. The van der Waals surface area contributed by atoms with E-state index in [1.807, 2.05) is 6.07 Å². The third kappa shape index (κ3) is 6.75. The van der Waals surface area contributed by atoms with Crippen molar-refractivity contribution in [2.24, 2.45) is 5.92 Å². The van der Waals surface area contributed by atoms with Gasteiger partial charge in [0.1, 0.15) is 5.82 Å². The first-order valence-electron chi connectivity index (χ1n) is 12.8. The van der Waals surface area contributed by atoms with Crippen LogP contribution in [0.3, 0.4) is 0 Å². The maximum Gasteiger partial charge on any atom is 0.392 e. The van der Waals surface area contributed by atoms with Crippen LogP contribution >= 0.6 is 0 Å². The van der Waals surface area contributed by atoms with Crippen molar-refractivity contribution in [2.45, 2.75) is 31.0 Å². The lowest BCUT2D eigenvalue weighted by molar-refractivity contribution is -0.176. The minimum atomic E-state index is -4.42. The van der Waals surface area contributed by atoms with Gasteiger partial charge < -0.3 is 10.7 Å². The van der Waals surface area contributed by atoms with Gasteiger partial charge in [-0.05, 0) is 78.7 Å². The summed E-state index contributed by atoms with van der Waals surface area (Å²) in [5, 5.41) is 20.2. The molecule has 3 aromatic carbocycles. The van der Waals surface area contributed by atoms with Crippen LogP contribution in [0.15, 0.2) is 65.6 Å². The van der Waals surface area contributed by atoms with Gasteiger partial charge in [0.25, 0.3) is 0 Å². The zero-order chi connectivity index (χ0) is 29.9. The number of nitrogens with zero attached hydrogens (tertiary/aromatic N) is 3. The summed E-state index contributed by atoms with van der Waals surface area (Å²) in [6, 6.07) is 15.8. The second-order valence-electron chi connectivity index (χ2n) is 10.0. The maximum atomic E-state index is 13.5. The number of hydrogen-bond donors (Lipinski definition) is 2. The van der Waals surface area contributed by atoms with Crippen molar-refractivity contribution in [3.8, 4) is 6.07 Å². The van der Waals surface area contributed by atoms with Gasteiger partial charge in [-0.15, -0.1) is 0 Å². The number of halogens is 4. The van der Waals surface area contributed by atoms with E-state index < -0.39 is 34.0 Å². The van der Waals surface area contributed by atoms with E-state index in [4.69, 9.17) is 10.7 Å². The molecule has 0 bridgehead atoms. The van der Waals surface area contributed by atoms with Gasteiger partial charge in [0.2, 0.25) is 10.0 Å². The van der Waals surface area contributed by atoms with Gasteiger partial charge in [-0.2, -0.15) is 22.7 Å². The van der Waals surface area contributed by atoms with E-state index in [1.54, 1.807) is 36.1 Å². The number of hydrogen-bond acceptors (Lipinski definition) is 6. The Hall–Kier alpha value is -3.79. The summed E-state index contributed by atoms with van der Waals surface area (Å²) >= 11 is 0. The number of nitrogens with one attached hydrogen (secondary N) is 2. The number of rotatable bonds is 8. The lowest BCUT2D eigenvalue weighted by Crippen LogP contribution is -2.52. The zero-order valence-electron chi connectivity index (χ0n) is 22.4. The highest BCUT2D eigenvalue weighted by Crippen LogP contribution is 2.36. The van der Waals surface area contributed by atoms with E-state index in [2.05, 4.69) is 5.32 Å². The Balaban J connectivity index is 1.71. The molecule has 1 fully saturated rings. The number of aryl methyl sites for hydroxylation is 1. The minimum absolute atomic E-state index is 0.00983. The van der Waals surface area contributed by atoms with Crippen molar-refractivity contribution in [2.75, 3.05) is 31.5 Å². The van der Waals surface area contributed by atoms with Gasteiger partial charge in [0.15, 0.2) is 0 Å². The second-order valence-corrected chi connectivity index (χ2v) is 12.0. The predicted molar refractivity (Wildman–Crippen MR) is 148 cm³/mol. The molecule has 0 radical (unpaired) electrons. The SMILES string of the molecule is Cc1cc(Nc2ccc(F)cc2)c(C=N)cc1[C@@H]1CN(S(=O)(=O)c2ccc(C#N)cc2)CCN1CC(C)C(F)(F)F. The molecule has 1 heterocycles. The minimum Gasteiger partial charge on any atom is -0.355 e. The fraction of sp³-hybridized carbons (Fsp3) is 0.310. The molecule has 3 aromatic rings. The Morgan fingerprint density at radius 3 is 2.37 bits per heavy atom.